The van der Waals surface area contributed by atoms with Crippen LogP contribution in [-0.2, 0) is 4.74 Å². The summed E-state index contributed by atoms with van der Waals surface area (Å²) in [7, 11) is 0. The lowest BCUT2D eigenvalue weighted by Crippen LogP contribution is -2.32. The molecule has 0 unspecified atom stereocenters. The number of hydrogen-bond acceptors (Lipinski definition) is 3. The van der Waals surface area contributed by atoms with Crippen LogP contribution in [0.1, 0.15) is 32.8 Å². The van der Waals surface area contributed by atoms with E-state index in [-0.39, 0.29) is 0 Å². The Balaban J connectivity index is 2.30. The summed E-state index contributed by atoms with van der Waals surface area (Å²) >= 11 is 3.33. The largest absolute Gasteiger partial charge is 0.444 e. The predicted molar refractivity (Wildman–Crippen MR) is 77.7 cm³/mol. The third-order valence-corrected chi connectivity index (χ3v) is 2.29. The van der Waals surface area contributed by atoms with E-state index in [0.29, 0.717) is 13.0 Å². The van der Waals surface area contributed by atoms with E-state index in [1.807, 2.05) is 26.8 Å². The van der Waals surface area contributed by atoms with Crippen molar-refractivity contribution in [3.8, 4) is 11.8 Å². The normalized spacial score (nSPS) is 10.3. The number of ether oxygens (including phenoxy) is 1. The average molecular weight is 325 g/mol. The molecular formula is C14H17BrN2O2. The lowest BCUT2D eigenvalue weighted by molar-refractivity contribution is 0.0529. The van der Waals surface area contributed by atoms with Crippen molar-refractivity contribution in [3.63, 3.8) is 0 Å². The number of carbonyl (C=O) groups is 1. The van der Waals surface area contributed by atoms with Crippen LogP contribution in [0.4, 0.5) is 4.79 Å². The number of carbonyl (C=O) groups excluding carboxylic acids is 1. The van der Waals surface area contributed by atoms with Gasteiger partial charge in [0.2, 0.25) is 0 Å². The zero-order valence-electron chi connectivity index (χ0n) is 11.3. The summed E-state index contributed by atoms with van der Waals surface area (Å²) < 4.78 is 6.00. The molecule has 1 aromatic rings. The van der Waals surface area contributed by atoms with Gasteiger partial charge in [0.15, 0.2) is 0 Å². The molecule has 4 nitrogen and oxygen atoms in total. The Morgan fingerprint density at radius 2 is 2.21 bits per heavy atom. The fourth-order valence-corrected chi connectivity index (χ4v) is 1.55. The number of amides is 1. The molecule has 1 heterocycles. The summed E-state index contributed by atoms with van der Waals surface area (Å²) in [5.41, 5.74) is 0.365. The van der Waals surface area contributed by atoms with Gasteiger partial charge in [-0.2, -0.15) is 0 Å². The van der Waals surface area contributed by atoms with Crippen molar-refractivity contribution in [3.05, 3.63) is 28.5 Å². The van der Waals surface area contributed by atoms with Gasteiger partial charge in [0.05, 0.1) is 0 Å². The van der Waals surface area contributed by atoms with Crippen LogP contribution in [0.3, 0.4) is 0 Å². The molecule has 0 aromatic carbocycles. The summed E-state index contributed by atoms with van der Waals surface area (Å²) in [6.45, 7) is 5.94. The second kappa shape index (κ2) is 7.15. The first-order valence-corrected chi connectivity index (χ1v) is 6.72. The van der Waals surface area contributed by atoms with E-state index in [4.69, 9.17) is 4.74 Å². The first-order chi connectivity index (χ1) is 8.87. The Morgan fingerprint density at radius 1 is 1.47 bits per heavy atom. The van der Waals surface area contributed by atoms with Gasteiger partial charge in [-0.1, -0.05) is 11.8 Å². The minimum atomic E-state index is -0.474. The molecule has 0 aliphatic heterocycles. The fraction of sp³-hybridized carbons (Fsp3) is 0.429. The van der Waals surface area contributed by atoms with Crippen molar-refractivity contribution in [1.29, 1.82) is 0 Å². The maximum absolute atomic E-state index is 11.3. The number of nitrogens with one attached hydrogen (secondary N) is 1. The highest BCUT2D eigenvalue weighted by atomic mass is 79.9. The highest BCUT2D eigenvalue weighted by molar-refractivity contribution is 9.10. The lowest BCUT2D eigenvalue weighted by atomic mass is 10.2. The standard InChI is InChI=1S/C14H17BrN2O2/c1-14(2,3)19-13(18)17-7-5-4-6-11-8-12(15)10-16-9-11/h8-10H,5,7H2,1-3H3,(H,17,18). The number of rotatable bonds is 2. The Hall–Kier alpha value is -1.54. The number of nitrogens with zero attached hydrogens (tertiary/aromatic N) is 1. The van der Waals surface area contributed by atoms with Crippen LogP contribution in [0.2, 0.25) is 0 Å². The van der Waals surface area contributed by atoms with Gasteiger partial charge in [-0.25, -0.2) is 4.79 Å². The molecule has 0 aliphatic rings. The Morgan fingerprint density at radius 3 is 2.84 bits per heavy atom. The first kappa shape index (κ1) is 15.5. The average Bonchev–Trinajstić information content (AvgIpc) is 2.26. The number of alkyl carbamates (subject to hydrolysis) is 1. The van der Waals surface area contributed by atoms with Crippen molar-refractivity contribution in [1.82, 2.24) is 10.3 Å². The molecule has 102 valence electrons. The SMILES string of the molecule is CC(C)(C)OC(=O)NCCC#Cc1cncc(Br)c1. The Kier molecular flexibility index (Phi) is 5.84. The van der Waals surface area contributed by atoms with Crippen molar-refractivity contribution in [2.24, 2.45) is 0 Å². The van der Waals surface area contributed by atoms with E-state index in [9.17, 15) is 4.79 Å². The van der Waals surface area contributed by atoms with E-state index < -0.39 is 11.7 Å². The molecular weight excluding hydrogens is 308 g/mol. The highest BCUT2D eigenvalue weighted by Crippen LogP contribution is 2.08. The summed E-state index contributed by atoms with van der Waals surface area (Å²) in [5.74, 6) is 5.94. The van der Waals surface area contributed by atoms with Gasteiger partial charge < -0.3 is 10.1 Å². The number of pyridine rings is 1. The van der Waals surface area contributed by atoms with Crippen LogP contribution in [0, 0.1) is 11.8 Å². The number of aromatic nitrogens is 1. The third-order valence-electron chi connectivity index (χ3n) is 1.86. The molecule has 0 bridgehead atoms. The van der Waals surface area contributed by atoms with Crippen molar-refractivity contribution >= 4 is 22.0 Å². The second-order valence-electron chi connectivity index (χ2n) is 4.87. The number of halogens is 1. The van der Waals surface area contributed by atoms with Gasteiger partial charge in [-0.15, -0.1) is 0 Å². The predicted octanol–water partition coefficient (Wildman–Crippen LogP) is 3.11. The van der Waals surface area contributed by atoms with Crippen LogP contribution < -0.4 is 5.32 Å². The molecule has 0 radical (unpaired) electrons. The topological polar surface area (TPSA) is 51.2 Å². The lowest BCUT2D eigenvalue weighted by Gasteiger charge is -2.19. The zero-order valence-corrected chi connectivity index (χ0v) is 12.9. The summed E-state index contributed by atoms with van der Waals surface area (Å²) in [6, 6.07) is 1.89. The Bertz CT molecular complexity index is 498. The van der Waals surface area contributed by atoms with Crippen LogP contribution in [-0.4, -0.2) is 23.2 Å². The molecule has 0 atom stereocenters. The van der Waals surface area contributed by atoms with Gasteiger partial charge in [0, 0.05) is 35.4 Å². The maximum Gasteiger partial charge on any atom is 0.407 e. The minimum Gasteiger partial charge on any atom is -0.444 e. The molecule has 0 fully saturated rings. The third kappa shape index (κ3) is 7.47. The minimum absolute atomic E-state index is 0.418. The number of hydrogen-bond donors (Lipinski definition) is 1. The summed E-state index contributed by atoms with van der Waals surface area (Å²) in [6.07, 6.45) is 3.54. The van der Waals surface area contributed by atoms with Gasteiger partial charge in [0.25, 0.3) is 0 Å². The van der Waals surface area contributed by atoms with Gasteiger partial charge >= 0.3 is 6.09 Å². The van der Waals surface area contributed by atoms with Crippen LogP contribution >= 0.6 is 15.9 Å². The monoisotopic (exact) mass is 324 g/mol. The van der Waals surface area contributed by atoms with Crippen LogP contribution in [0.15, 0.2) is 22.9 Å². The molecule has 1 amide bonds. The van der Waals surface area contributed by atoms with E-state index in [2.05, 4.69) is 38.1 Å². The molecule has 0 aliphatic carbocycles. The maximum atomic E-state index is 11.3. The van der Waals surface area contributed by atoms with E-state index in [1.54, 1.807) is 12.4 Å². The molecule has 0 saturated heterocycles. The summed E-state index contributed by atoms with van der Waals surface area (Å²) in [4.78, 5) is 15.4. The smallest absolute Gasteiger partial charge is 0.407 e. The molecule has 5 heteroatoms. The van der Waals surface area contributed by atoms with Gasteiger partial charge in [-0.05, 0) is 42.8 Å². The Labute approximate surface area is 122 Å². The molecule has 0 spiro atoms. The van der Waals surface area contributed by atoms with Crippen molar-refractivity contribution in [2.75, 3.05) is 6.54 Å². The van der Waals surface area contributed by atoms with E-state index in [1.165, 1.54) is 0 Å². The second-order valence-corrected chi connectivity index (χ2v) is 5.79. The first-order valence-electron chi connectivity index (χ1n) is 5.93. The van der Waals surface area contributed by atoms with Crippen LogP contribution in [0.5, 0.6) is 0 Å². The van der Waals surface area contributed by atoms with Crippen LogP contribution in [0.25, 0.3) is 0 Å². The summed E-state index contributed by atoms with van der Waals surface area (Å²) in [5, 5.41) is 2.65. The van der Waals surface area contributed by atoms with E-state index >= 15 is 0 Å². The molecule has 0 saturated carbocycles. The quantitative estimate of drug-likeness (QED) is 0.671. The van der Waals surface area contributed by atoms with Gasteiger partial charge in [-0.3, -0.25) is 4.98 Å². The highest BCUT2D eigenvalue weighted by Gasteiger charge is 2.15. The molecule has 1 rings (SSSR count). The van der Waals surface area contributed by atoms with Crippen molar-refractivity contribution < 1.29 is 9.53 Å². The molecule has 19 heavy (non-hydrogen) atoms. The zero-order chi connectivity index (χ0) is 14.3. The van der Waals surface area contributed by atoms with Gasteiger partial charge in [0.1, 0.15) is 5.60 Å². The molecule has 1 N–H and O–H groups in total. The fourth-order valence-electron chi connectivity index (χ4n) is 1.19. The molecule has 1 aromatic heterocycles. The van der Waals surface area contributed by atoms with Crippen molar-refractivity contribution in [2.45, 2.75) is 32.8 Å². The van der Waals surface area contributed by atoms with E-state index in [0.717, 1.165) is 10.0 Å².